The van der Waals surface area contributed by atoms with Gasteiger partial charge in [0.05, 0.1) is 17.1 Å². The van der Waals surface area contributed by atoms with Gasteiger partial charge < -0.3 is 4.90 Å². The number of aromatic nitrogens is 1. The molecular formula is C20H27N3OS. The lowest BCUT2D eigenvalue weighted by atomic mass is 9.95. The highest BCUT2D eigenvalue weighted by molar-refractivity contribution is 7.09. The maximum absolute atomic E-state index is 13.1. The molecule has 134 valence electrons. The lowest BCUT2D eigenvalue weighted by Gasteiger charge is -2.26. The van der Waals surface area contributed by atoms with Gasteiger partial charge in [0.1, 0.15) is 0 Å². The normalized spacial score (nSPS) is 17.3. The van der Waals surface area contributed by atoms with Gasteiger partial charge in [0.25, 0.3) is 0 Å². The number of carbonyl (C=O) groups excluding carboxylic acids is 1. The summed E-state index contributed by atoms with van der Waals surface area (Å²) in [6.45, 7) is 8.80. The van der Waals surface area contributed by atoms with E-state index in [0.29, 0.717) is 0 Å². The van der Waals surface area contributed by atoms with Crippen LogP contribution in [0.25, 0.3) is 0 Å². The van der Waals surface area contributed by atoms with Crippen LogP contribution in [0, 0.1) is 6.92 Å². The maximum atomic E-state index is 13.1. The lowest BCUT2D eigenvalue weighted by molar-refractivity contribution is -0.132. The van der Waals surface area contributed by atoms with Gasteiger partial charge in [-0.15, -0.1) is 11.3 Å². The van der Waals surface area contributed by atoms with E-state index in [1.54, 1.807) is 11.3 Å². The van der Waals surface area contributed by atoms with Crippen molar-refractivity contribution in [3.8, 4) is 0 Å². The van der Waals surface area contributed by atoms with Gasteiger partial charge in [0.2, 0.25) is 5.91 Å². The van der Waals surface area contributed by atoms with E-state index in [1.807, 2.05) is 23.7 Å². The Labute approximate surface area is 154 Å². The monoisotopic (exact) mass is 357 g/mol. The first-order valence-corrected chi connectivity index (χ1v) is 10.0. The van der Waals surface area contributed by atoms with Crippen molar-refractivity contribution in [2.24, 2.45) is 0 Å². The fraction of sp³-hybridized carbons (Fsp3) is 0.500. The molecule has 1 aromatic heterocycles. The van der Waals surface area contributed by atoms with E-state index in [4.69, 9.17) is 0 Å². The van der Waals surface area contributed by atoms with Crippen molar-refractivity contribution in [3.63, 3.8) is 0 Å². The molecular weight excluding hydrogens is 330 g/mol. The molecule has 1 amide bonds. The number of nitrogens with zero attached hydrogens (tertiary/aromatic N) is 3. The number of hydrogen-bond acceptors (Lipinski definition) is 4. The Morgan fingerprint density at radius 3 is 2.68 bits per heavy atom. The largest absolute Gasteiger partial charge is 0.341 e. The Kier molecular flexibility index (Phi) is 6.21. The van der Waals surface area contributed by atoms with Crippen LogP contribution in [0.1, 0.15) is 41.8 Å². The summed E-state index contributed by atoms with van der Waals surface area (Å²) in [5.41, 5.74) is 4.19. The number of hydrogen-bond donors (Lipinski definition) is 0. The molecule has 0 saturated carbocycles. The van der Waals surface area contributed by atoms with Gasteiger partial charge in [-0.05, 0) is 25.3 Å². The molecule has 1 aliphatic heterocycles. The van der Waals surface area contributed by atoms with E-state index in [-0.39, 0.29) is 11.8 Å². The molecule has 0 aliphatic carbocycles. The fourth-order valence-corrected chi connectivity index (χ4v) is 4.31. The summed E-state index contributed by atoms with van der Waals surface area (Å²) >= 11 is 1.73. The molecule has 1 unspecified atom stereocenters. The first-order valence-electron chi connectivity index (χ1n) is 9.14. The third kappa shape index (κ3) is 4.47. The van der Waals surface area contributed by atoms with Crippen molar-refractivity contribution in [2.75, 3.05) is 26.2 Å². The molecule has 3 rings (SSSR count). The summed E-state index contributed by atoms with van der Waals surface area (Å²) < 4.78 is 0. The zero-order chi connectivity index (χ0) is 17.6. The quantitative estimate of drug-likeness (QED) is 0.819. The van der Waals surface area contributed by atoms with Crippen LogP contribution >= 0.6 is 11.3 Å². The van der Waals surface area contributed by atoms with E-state index in [1.165, 1.54) is 4.88 Å². The van der Waals surface area contributed by atoms with E-state index in [0.717, 1.165) is 56.8 Å². The second kappa shape index (κ2) is 8.59. The van der Waals surface area contributed by atoms with Crippen LogP contribution in [-0.4, -0.2) is 46.9 Å². The molecule has 1 atom stereocenters. The van der Waals surface area contributed by atoms with Gasteiger partial charge in [-0.3, -0.25) is 9.69 Å². The average Bonchev–Trinajstić information content (AvgIpc) is 2.89. The molecule has 1 saturated heterocycles. The minimum atomic E-state index is -0.0171. The van der Waals surface area contributed by atoms with Gasteiger partial charge in [0, 0.05) is 37.6 Å². The highest BCUT2D eigenvalue weighted by atomic mass is 32.1. The molecule has 2 heterocycles. The molecule has 4 nitrogen and oxygen atoms in total. The topological polar surface area (TPSA) is 36.4 Å². The molecule has 0 spiro atoms. The standard InChI is InChI=1S/C20H27N3OS/c1-3-18(17-8-5-4-6-9-17)20(24)23-11-7-10-22(12-13-23)14-19-16(2)21-15-25-19/h4-6,8-9,15,18H,3,7,10-14H2,1-2H3. The SMILES string of the molecule is CCC(C(=O)N1CCCN(Cc2scnc2C)CC1)c1ccccc1. The van der Waals surface area contributed by atoms with Crippen molar-refractivity contribution in [1.82, 2.24) is 14.8 Å². The zero-order valence-electron chi connectivity index (χ0n) is 15.1. The van der Waals surface area contributed by atoms with E-state index in [9.17, 15) is 4.79 Å². The molecule has 25 heavy (non-hydrogen) atoms. The van der Waals surface area contributed by atoms with Gasteiger partial charge in [0.15, 0.2) is 0 Å². The van der Waals surface area contributed by atoms with Crippen molar-refractivity contribution in [2.45, 2.75) is 39.2 Å². The van der Waals surface area contributed by atoms with Crippen molar-refractivity contribution < 1.29 is 4.79 Å². The van der Waals surface area contributed by atoms with Crippen LogP contribution in [0.2, 0.25) is 0 Å². The fourth-order valence-electron chi connectivity index (χ4n) is 3.49. The van der Waals surface area contributed by atoms with E-state index < -0.39 is 0 Å². The van der Waals surface area contributed by atoms with Crippen LogP contribution < -0.4 is 0 Å². The molecule has 0 N–H and O–H groups in total. The summed E-state index contributed by atoms with van der Waals surface area (Å²) in [4.78, 5) is 23.3. The molecule has 2 aromatic rings. The number of benzene rings is 1. The minimum Gasteiger partial charge on any atom is -0.341 e. The van der Waals surface area contributed by atoms with Gasteiger partial charge in [-0.1, -0.05) is 37.3 Å². The lowest BCUT2D eigenvalue weighted by Crippen LogP contribution is -2.38. The highest BCUT2D eigenvalue weighted by Gasteiger charge is 2.26. The Bertz CT molecular complexity index is 685. The molecule has 1 aromatic carbocycles. The maximum Gasteiger partial charge on any atom is 0.230 e. The van der Waals surface area contributed by atoms with Crippen LogP contribution in [-0.2, 0) is 11.3 Å². The smallest absolute Gasteiger partial charge is 0.230 e. The van der Waals surface area contributed by atoms with Gasteiger partial charge in [-0.2, -0.15) is 0 Å². The first-order chi connectivity index (χ1) is 12.2. The van der Waals surface area contributed by atoms with Gasteiger partial charge in [-0.25, -0.2) is 4.98 Å². The third-order valence-electron chi connectivity index (χ3n) is 5.02. The second-order valence-corrected chi connectivity index (χ2v) is 7.63. The number of carbonyl (C=O) groups is 1. The van der Waals surface area contributed by atoms with Crippen molar-refractivity contribution in [3.05, 3.63) is 52.0 Å². The van der Waals surface area contributed by atoms with Crippen molar-refractivity contribution >= 4 is 17.2 Å². The van der Waals surface area contributed by atoms with Crippen LogP contribution in [0.3, 0.4) is 0 Å². The summed E-state index contributed by atoms with van der Waals surface area (Å²) in [5.74, 6) is 0.265. The van der Waals surface area contributed by atoms with Crippen LogP contribution in [0.5, 0.6) is 0 Å². The highest BCUT2D eigenvalue weighted by Crippen LogP contribution is 2.23. The summed E-state index contributed by atoms with van der Waals surface area (Å²) in [6.07, 6.45) is 1.89. The third-order valence-corrected chi connectivity index (χ3v) is 5.94. The van der Waals surface area contributed by atoms with Gasteiger partial charge >= 0.3 is 0 Å². The van der Waals surface area contributed by atoms with Crippen molar-refractivity contribution in [1.29, 1.82) is 0 Å². The number of amides is 1. The molecule has 1 aliphatic rings. The molecule has 0 radical (unpaired) electrons. The Hall–Kier alpha value is -1.72. The zero-order valence-corrected chi connectivity index (χ0v) is 16.0. The summed E-state index contributed by atoms with van der Waals surface area (Å²) in [6, 6.07) is 10.2. The Balaban J connectivity index is 1.62. The van der Waals surface area contributed by atoms with Crippen LogP contribution in [0.4, 0.5) is 0 Å². The average molecular weight is 358 g/mol. The Morgan fingerprint density at radius 2 is 2.00 bits per heavy atom. The van der Waals surface area contributed by atoms with E-state index in [2.05, 4.69) is 40.8 Å². The number of thiazole rings is 1. The first kappa shape index (κ1) is 18.1. The predicted molar refractivity (Wildman–Crippen MR) is 103 cm³/mol. The number of rotatable bonds is 5. The molecule has 0 bridgehead atoms. The summed E-state index contributed by atoms with van der Waals surface area (Å²) in [5, 5.41) is 0. The summed E-state index contributed by atoms with van der Waals surface area (Å²) in [7, 11) is 0. The minimum absolute atomic E-state index is 0.0171. The van der Waals surface area contributed by atoms with E-state index >= 15 is 0 Å². The Morgan fingerprint density at radius 1 is 1.20 bits per heavy atom. The molecule has 5 heteroatoms. The molecule has 1 fully saturated rings. The predicted octanol–water partition coefficient (Wildman–Crippen LogP) is 3.68. The number of aryl methyl sites for hydroxylation is 1. The van der Waals surface area contributed by atoms with Crippen LogP contribution in [0.15, 0.2) is 35.8 Å². The second-order valence-electron chi connectivity index (χ2n) is 6.69.